The molecular formula is C22H19Br2NO5S. The number of carbonyl (C=O) groups is 3. The molecule has 0 aromatic heterocycles. The molecule has 1 heterocycles. The number of nitrogens with zero attached hydrogens (tertiary/aromatic N) is 1. The lowest BCUT2D eigenvalue weighted by Crippen LogP contribution is -2.33. The first-order chi connectivity index (χ1) is 14.8. The lowest BCUT2D eigenvalue weighted by Gasteiger charge is -2.14. The highest BCUT2D eigenvalue weighted by Gasteiger charge is 2.36. The summed E-state index contributed by atoms with van der Waals surface area (Å²) >= 11 is 7.59. The second kappa shape index (κ2) is 10.5. The molecule has 2 aromatic carbocycles. The minimum atomic E-state index is -0.497. The SMILES string of the molecule is CCOc1cc(/C=C2/SC(=O)N(CC(=O)c3ccc(Br)cc3)C2=O)cc(Br)c1OCC. The first-order valence-corrected chi connectivity index (χ1v) is 11.9. The number of thioether (sulfide) groups is 1. The van der Waals surface area contributed by atoms with Crippen molar-refractivity contribution in [2.75, 3.05) is 19.8 Å². The molecule has 1 aliphatic rings. The van der Waals surface area contributed by atoms with Crippen molar-refractivity contribution in [2.45, 2.75) is 13.8 Å². The molecule has 1 fully saturated rings. The van der Waals surface area contributed by atoms with Gasteiger partial charge in [-0.3, -0.25) is 19.3 Å². The van der Waals surface area contributed by atoms with E-state index in [0.717, 1.165) is 21.1 Å². The van der Waals surface area contributed by atoms with Gasteiger partial charge in [-0.15, -0.1) is 0 Å². The molecule has 0 saturated carbocycles. The fourth-order valence-corrected chi connectivity index (χ4v) is 4.55. The molecule has 0 unspecified atom stereocenters. The Bertz CT molecular complexity index is 1050. The highest BCUT2D eigenvalue weighted by molar-refractivity contribution is 9.10. The van der Waals surface area contributed by atoms with Crippen molar-refractivity contribution in [1.82, 2.24) is 4.90 Å². The second-order valence-electron chi connectivity index (χ2n) is 6.39. The van der Waals surface area contributed by atoms with Crippen LogP contribution in [0.15, 0.2) is 50.2 Å². The van der Waals surface area contributed by atoms with Crippen molar-refractivity contribution < 1.29 is 23.9 Å². The van der Waals surface area contributed by atoms with Crippen LogP contribution < -0.4 is 9.47 Å². The van der Waals surface area contributed by atoms with Crippen LogP contribution in [0.4, 0.5) is 4.79 Å². The number of Topliss-reactive ketones (excluding diaryl/α,β-unsaturated/α-hetero) is 1. The summed E-state index contributed by atoms with van der Waals surface area (Å²) < 4.78 is 12.8. The Kier molecular flexibility index (Phi) is 7.96. The molecular weight excluding hydrogens is 550 g/mol. The van der Waals surface area contributed by atoms with Gasteiger partial charge in [0.05, 0.1) is 29.1 Å². The summed E-state index contributed by atoms with van der Waals surface area (Å²) in [5.74, 6) is 0.311. The summed E-state index contributed by atoms with van der Waals surface area (Å²) in [5.41, 5.74) is 1.10. The van der Waals surface area contributed by atoms with E-state index in [2.05, 4.69) is 31.9 Å². The van der Waals surface area contributed by atoms with Crippen molar-refractivity contribution in [3.05, 3.63) is 61.4 Å². The maximum absolute atomic E-state index is 12.8. The fraction of sp³-hybridized carbons (Fsp3) is 0.227. The lowest BCUT2D eigenvalue weighted by molar-refractivity contribution is -0.122. The van der Waals surface area contributed by atoms with Crippen molar-refractivity contribution >= 4 is 66.6 Å². The summed E-state index contributed by atoms with van der Waals surface area (Å²) in [6, 6.07) is 10.3. The Morgan fingerprint density at radius 2 is 1.74 bits per heavy atom. The number of rotatable bonds is 8. The summed E-state index contributed by atoms with van der Waals surface area (Å²) in [5, 5.41) is -0.475. The Balaban J connectivity index is 1.82. The molecule has 0 radical (unpaired) electrons. The summed E-state index contributed by atoms with van der Waals surface area (Å²) in [7, 11) is 0. The summed E-state index contributed by atoms with van der Waals surface area (Å²) in [6.07, 6.45) is 1.61. The highest BCUT2D eigenvalue weighted by Crippen LogP contribution is 2.39. The van der Waals surface area contributed by atoms with Gasteiger partial charge in [-0.2, -0.15) is 0 Å². The second-order valence-corrected chi connectivity index (χ2v) is 9.16. The van der Waals surface area contributed by atoms with E-state index in [4.69, 9.17) is 9.47 Å². The average Bonchev–Trinajstić information content (AvgIpc) is 2.98. The number of benzene rings is 2. The zero-order valence-electron chi connectivity index (χ0n) is 16.8. The normalized spacial score (nSPS) is 15.0. The van der Waals surface area contributed by atoms with E-state index < -0.39 is 11.1 Å². The topological polar surface area (TPSA) is 72.9 Å². The van der Waals surface area contributed by atoms with E-state index in [1.54, 1.807) is 42.5 Å². The first-order valence-electron chi connectivity index (χ1n) is 9.47. The van der Waals surface area contributed by atoms with Crippen LogP contribution in [0, 0.1) is 0 Å². The van der Waals surface area contributed by atoms with Crippen molar-refractivity contribution in [2.24, 2.45) is 0 Å². The molecule has 3 rings (SSSR count). The molecule has 162 valence electrons. The van der Waals surface area contributed by atoms with E-state index in [-0.39, 0.29) is 17.2 Å². The lowest BCUT2D eigenvalue weighted by atomic mass is 10.1. The molecule has 0 N–H and O–H groups in total. The smallest absolute Gasteiger partial charge is 0.293 e. The van der Waals surface area contributed by atoms with Crippen LogP contribution in [-0.2, 0) is 4.79 Å². The van der Waals surface area contributed by atoms with E-state index >= 15 is 0 Å². The van der Waals surface area contributed by atoms with Crippen LogP contribution in [0.3, 0.4) is 0 Å². The standard InChI is InChI=1S/C22H19Br2NO5S/c1-3-29-18-10-13(9-16(24)20(18)30-4-2)11-19-21(27)25(22(28)31-19)12-17(26)14-5-7-15(23)8-6-14/h5-11H,3-4,12H2,1-2H3/b19-11+. The van der Waals surface area contributed by atoms with Crippen LogP contribution in [0.1, 0.15) is 29.8 Å². The molecule has 6 nitrogen and oxygen atoms in total. The number of hydrogen-bond donors (Lipinski definition) is 0. The number of imide groups is 1. The van der Waals surface area contributed by atoms with Gasteiger partial charge >= 0.3 is 0 Å². The minimum Gasteiger partial charge on any atom is -0.490 e. The Morgan fingerprint density at radius 3 is 2.39 bits per heavy atom. The van der Waals surface area contributed by atoms with Gasteiger partial charge in [0.2, 0.25) is 0 Å². The fourth-order valence-electron chi connectivity index (χ4n) is 2.88. The van der Waals surface area contributed by atoms with Gasteiger partial charge in [0, 0.05) is 10.0 Å². The third kappa shape index (κ3) is 5.58. The summed E-state index contributed by atoms with van der Waals surface area (Å²) in [6.45, 7) is 4.36. The van der Waals surface area contributed by atoms with Gasteiger partial charge in [-0.05, 0) is 77.4 Å². The van der Waals surface area contributed by atoms with Crippen LogP contribution in [-0.4, -0.2) is 41.6 Å². The number of halogens is 2. The zero-order valence-corrected chi connectivity index (χ0v) is 20.8. The van der Waals surface area contributed by atoms with Gasteiger partial charge in [-0.25, -0.2) is 0 Å². The zero-order chi connectivity index (χ0) is 22.5. The van der Waals surface area contributed by atoms with Crippen molar-refractivity contribution in [1.29, 1.82) is 0 Å². The maximum Gasteiger partial charge on any atom is 0.293 e. The number of carbonyl (C=O) groups excluding carboxylic acids is 3. The van der Waals surface area contributed by atoms with Crippen LogP contribution in [0.5, 0.6) is 11.5 Å². The first kappa shape index (κ1) is 23.6. The molecule has 0 atom stereocenters. The van der Waals surface area contributed by atoms with E-state index in [0.29, 0.717) is 40.3 Å². The molecule has 31 heavy (non-hydrogen) atoms. The van der Waals surface area contributed by atoms with Gasteiger partial charge in [-0.1, -0.05) is 28.1 Å². The van der Waals surface area contributed by atoms with Gasteiger partial charge in [0.1, 0.15) is 0 Å². The Labute approximate surface area is 201 Å². The van der Waals surface area contributed by atoms with Crippen molar-refractivity contribution in [3.63, 3.8) is 0 Å². The molecule has 0 bridgehead atoms. The van der Waals surface area contributed by atoms with Crippen LogP contribution in [0.2, 0.25) is 0 Å². The molecule has 2 amide bonds. The number of amides is 2. The molecule has 1 aliphatic heterocycles. The predicted molar refractivity (Wildman–Crippen MR) is 128 cm³/mol. The molecule has 9 heteroatoms. The molecule has 0 aliphatic carbocycles. The molecule has 1 saturated heterocycles. The third-order valence-electron chi connectivity index (χ3n) is 4.26. The quantitative estimate of drug-likeness (QED) is 0.290. The van der Waals surface area contributed by atoms with E-state index in [9.17, 15) is 14.4 Å². The number of ketones is 1. The van der Waals surface area contributed by atoms with Crippen LogP contribution in [0.25, 0.3) is 6.08 Å². The molecule has 2 aromatic rings. The van der Waals surface area contributed by atoms with Crippen molar-refractivity contribution in [3.8, 4) is 11.5 Å². The number of hydrogen-bond acceptors (Lipinski definition) is 6. The largest absolute Gasteiger partial charge is 0.490 e. The van der Waals surface area contributed by atoms with Gasteiger partial charge in [0.25, 0.3) is 11.1 Å². The summed E-state index contributed by atoms with van der Waals surface area (Å²) in [4.78, 5) is 38.9. The highest BCUT2D eigenvalue weighted by atomic mass is 79.9. The van der Waals surface area contributed by atoms with Gasteiger partial charge < -0.3 is 9.47 Å². The monoisotopic (exact) mass is 567 g/mol. The number of ether oxygens (including phenoxy) is 2. The van der Waals surface area contributed by atoms with Crippen LogP contribution >= 0.6 is 43.6 Å². The Morgan fingerprint density at radius 1 is 1.06 bits per heavy atom. The third-order valence-corrected chi connectivity index (χ3v) is 6.28. The van der Waals surface area contributed by atoms with E-state index in [1.165, 1.54) is 0 Å². The minimum absolute atomic E-state index is 0.243. The van der Waals surface area contributed by atoms with Gasteiger partial charge in [0.15, 0.2) is 17.3 Å². The van der Waals surface area contributed by atoms with E-state index in [1.807, 2.05) is 13.8 Å². The predicted octanol–water partition coefficient (Wildman–Crippen LogP) is 5.93. The Hall–Kier alpha value is -2.10. The average molecular weight is 569 g/mol. The molecule has 0 spiro atoms. The maximum atomic E-state index is 12.8.